The molecule has 0 atom stereocenters. The minimum Gasteiger partial charge on any atom is -0.368 e. The third kappa shape index (κ3) is 6.64. The van der Waals surface area contributed by atoms with E-state index in [1.54, 1.807) is 6.20 Å². The highest BCUT2D eigenvalue weighted by atomic mass is 35.5. The van der Waals surface area contributed by atoms with Gasteiger partial charge < -0.3 is 10.2 Å². The van der Waals surface area contributed by atoms with E-state index in [-0.39, 0.29) is 11.9 Å². The van der Waals surface area contributed by atoms with Crippen LogP contribution < -0.4 is 10.2 Å². The van der Waals surface area contributed by atoms with Crippen LogP contribution in [0.1, 0.15) is 42.5 Å². The lowest BCUT2D eigenvalue weighted by molar-refractivity contribution is 0.0919. The molecule has 1 aliphatic carbocycles. The Kier molecular flexibility index (Phi) is 8.65. The van der Waals surface area contributed by atoms with E-state index in [0.717, 1.165) is 68.3 Å². The first-order valence-corrected chi connectivity index (χ1v) is 14.0. The van der Waals surface area contributed by atoms with E-state index in [4.69, 9.17) is 23.2 Å². The normalized spacial score (nSPS) is 20.5. The van der Waals surface area contributed by atoms with Gasteiger partial charge in [-0.25, -0.2) is 0 Å². The summed E-state index contributed by atoms with van der Waals surface area (Å²) in [4.78, 5) is 21.9. The van der Waals surface area contributed by atoms with E-state index in [1.807, 2.05) is 54.7 Å². The van der Waals surface area contributed by atoms with Crippen molar-refractivity contribution >= 4 is 34.8 Å². The molecule has 2 aliphatic rings. The molecule has 0 bridgehead atoms. The van der Waals surface area contributed by atoms with Gasteiger partial charge in [0.25, 0.3) is 5.91 Å². The first kappa shape index (κ1) is 26.0. The number of hydrogen-bond donors (Lipinski definition) is 1. The highest BCUT2D eigenvalue weighted by Gasteiger charge is 2.25. The van der Waals surface area contributed by atoms with Crippen molar-refractivity contribution < 1.29 is 4.79 Å². The van der Waals surface area contributed by atoms with Gasteiger partial charge in [0, 0.05) is 50.2 Å². The van der Waals surface area contributed by atoms with Crippen molar-refractivity contribution in [3.63, 3.8) is 0 Å². The average Bonchev–Trinajstić information content (AvgIpc) is 2.95. The van der Waals surface area contributed by atoms with Crippen molar-refractivity contribution in [2.24, 2.45) is 5.92 Å². The number of hydrogen-bond acceptors (Lipinski definition) is 4. The van der Waals surface area contributed by atoms with Gasteiger partial charge in [-0.2, -0.15) is 0 Å². The summed E-state index contributed by atoms with van der Waals surface area (Å²) in [6.45, 7) is 5.19. The third-order valence-electron chi connectivity index (χ3n) is 7.82. The summed E-state index contributed by atoms with van der Waals surface area (Å²) < 4.78 is 0. The maximum atomic E-state index is 12.8. The molecule has 5 nitrogen and oxygen atoms in total. The molecule has 1 aromatic heterocycles. The van der Waals surface area contributed by atoms with E-state index < -0.39 is 0 Å². The lowest BCUT2D eigenvalue weighted by Gasteiger charge is -2.37. The van der Waals surface area contributed by atoms with Crippen molar-refractivity contribution in [1.29, 1.82) is 0 Å². The molecule has 1 aliphatic heterocycles. The zero-order chi connectivity index (χ0) is 25.6. The van der Waals surface area contributed by atoms with Gasteiger partial charge in [0.1, 0.15) is 0 Å². The van der Waals surface area contributed by atoms with Gasteiger partial charge >= 0.3 is 0 Å². The third-order valence-corrected chi connectivity index (χ3v) is 8.63. The van der Waals surface area contributed by atoms with Crippen LogP contribution in [0.5, 0.6) is 0 Å². The summed E-state index contributed by atoms with van der Waals surface area (Å²) in [5, 5.41) is 4.54. The maximum Gasteiger partial charge on any atom is 0.251 e. The predicted molar refractivity (Wildman–Crippen MR) is 153 cm³/mol. The van der Waals surface area contributed by atoms with Crippen LogP contribution in [0, 0.1) is 5.92 Å². The predicted octanol–water partition coefficient (Wildman–Crippen LogP) is 6.56. The molecule has 2 heterocycles. The van der Waals surface area contributed by atoms with Gasteiger partial charge in [0.05, 0.1) is 15.7 Å². The number of piperazine rings is 1. The molecule has 194 valence electrons. The second-order valence-corrected chi connectivity index (χ2v) is 11.0. The summed E-state index contributed by atoms with van der Waals surface area (Å²) >= 11 is 12.6. The number of aromatic nitrogens is 1. The van der Waals surface area contributed by atoms with Gasteiger partial charge in [-0.1, -0.05) is 47.5 Å². The van der Waals surface area contributed by atoms with Crippen LogP contribution in [0.25, 0.3) is 11.1 Å². The summed E-state index contributed by atoms with van der Waals surface area (Å²) in [6, 6.07) is 17.9. The number of rotatable bonds is 7. The summed E-state index contributed by atoms with van der Waals surface area (Å²) in [7, 11) is 0. The molecule has 3 aromatic rings. The first-order chi connectivity index (χ1) is 18.1. The van der Waals surface area contributed by atoms with Crippen LogP contribution in [-0.2, 0) is 0 Å². The van der Waals surface area contributed by atoms with Gasteiger partial charge in [-0.15, -0.1) is 0 Å². The summed E-state index contributed by atoms with van der Waals surface area (Å²) in [5.74, 6) is 0.770. The Labute approximate surface area is 229 Å². The highest BCUT2D eigenvalue weighted by Crippen LogP contribution is 2.33. The number of benzene rings is 2. The fourth-order valence-corrected chi connectivity index (χ4v) is 5.94. The number of carbonyl (C=O) groups excluding carboxylic acids is 1. The van der Waals surface area contributed by atoms with E-state index >= 15 is 0 Å². The smallest absolute Gasteiger partial charge is 0.251 e. The van der Waals surface area contributed by atoms with Crippen LogP contribution in [0.3, 0.4) is 0 Å². The molecular formula is C30H34Cl2N4O. The molecule has 2 fully saturated rings. The fourth-order valence-electron chi connectivity index (χ4n) is 5.53. The first-order valence-electron chi connectivity index (χ1n) is 13.3. The molecule has 1 saturated heterocycles. The molecule has 1 amide bonds. The number of amides is 1. The van der Waals surface area contributed by atoms with Crippen molar-refractivity contribution in [2.45, 2.75) is 38.1 Å². The molecular weight excluding hydrogens is 503 g/mol. The Morgan fingerprint density at radius 3 is 2.35 bits per heavy atom. The van der Waals surface area contributed by atoms with Crippen LogP contribution in [0.4, 0.5) is 5.69 Å². The maximum absolute atomic E-state index is 12.8. The van der Waals surface area contributed by atoms with Gasteiger partial charge in [-0.05, 0) is 86.0 Å². The Morgan fingerprint density at radius 1 is 0.892 bits per heavy atom. The summed E-state index contributed by atoms with van der Waals surface area (Å²) in [6.07, 6.45) is 9.32. The summed E-state index contributed by atoms with van der Waals surface area (Å²) in [5.41, 5.74) is 3.88. The molecule has 1 N–H and O–H groups in total. The number of halogens is 2. The van der Waals surface area contributed by atoms with E-state index in [1.165, 1.54) is 19.3 Å². The monoisotopic (exact) mass is 536 g/mol. The second-order valence-electron chi connectivity index (χ2n) is 10.2. The lowest BCUT2D eigenvalue weighted by atomic mass is 9.84. The minimum atomic E-state index is 0.0267. The minimum absolute atomic E-state index is 0.0267. The van der Waals surface area contributed by atoms with Crippen LogP contribution >= 0.6 is 23.2 Å². The number of anilines is 1. The van der Waals surface area contributed by atoms with Crippen LogP contribution in [-0.4, -0.2) is 54.6 Å². The van der Waals surface area contributed by atoms with Crippen LogP contribution in [0.15, 0.2) is 67.0 Å². The largest absolute Gasteiger partial charge is 0.368 e. The fraction of sp³-hybridized carbons (Fsp3) is 0.400. The van der Waals surface area contributed by atoms with Gasteiger partial charge in [0.15, 0.2) is 0 Å². The van der Waals surface area contributed by atoms with Crippen LogP contribution in [0.2, 0.25) is 10.0 Å². The van der Waals surface area contributed by atoms with Gasteiger partial charge in [0.2, 0.25) is 0 Å². The zero-order valence-corrected chi connectivity index (χ0v) is 22.6. The van der Waals surface area contributed by atoms with E-state index in [0.29, 0.717) is 15.6 Å². The number of nitrogens with one attached hydrogen (secondary N) is 1. The quantitative estimate of drug-likeness (QED) is 0.371. The number of carbonyl (C=O) groups is 1. The molecule has 1 saturated carbocycles. The van der Waals surface area contributed by atoms with Crippen molar-refractivity contribution in [2.75, 3.05) is 37.6 Å². The number of nitrogens with zero attached hydrogens (tertiary/aromatic N) is 3. The van der Waals surface area contributed by atoms with Crippen molar-refractivity contribution in [1.82, 2.24) is 15.2 Å². The van der Waals surface area contributed by atoms with Crippen molar-refractivity contribution in [3.8, 4) is 11.1 Å². The molecule has 0 spiro atoms. The molecule has 0 unspecified atom stereocenters. The number of pyridine rings is 1. The molecule has 5 rings (SSSR count). The Hall–Kier alpha value is -2.60. The Balaban J connectivity index is 1.02. The Bertz CT molecular complexity index is 1170. The van der Waals surface area contributed by atoms with E-state index in [9.17, 15) is 4.79 Å². The zero-order valence-electron chi connectivity index (χ0n) is 21.1. The highest BCUT2D eigenvalue weighted by molar-refractivity contribution is 6.43. The Morgan fingerprint density at radius 2 is 1.65 bits per heavy atom. The molecule has 37 heavy (non-hydrogen) atoms. The average molecular weight is 538 g/mol. The molecule has 7 heteroatoms. The SMILES string of the molecule is O=C(NC1CCC(CCN2CCN(c3cccc(Cl)c3Cl)CC2)CC1)c1ccc(-c2cccnc2)cc1. The second kappa shape index (κ2) is 12.3. The molecule has 0 radical (unpaired) electrons. The van der Waals surface area contributed by atoms with E-state index in [2.05, 4.69) is 26.2 Å². The standard InChI is InChI=1S/C30H34Cl2N4O/c31-27-4-1-5-28(29(27)32)36-19-17-35(18-20-36)16-14-22-6-12-26(13-7-22)34-30(37)24-10-8-23(9-11-24)25-3-2-15-33-21-25/h1-5,8-11,15,21-22,26H,6-7,12-14,16-20H2,(H,34,37). The molecule has 2 aromatic carbocycles. The topological polar surface area (TPSA) is 48.5 Å². The van der Waals surface area contributed by atoms with Crippen molar-refractivity contribution in [3.05, 3.63) is 82.6 Å². The van der Waals surface area contributed by atoms with Gasteiger partial charge in [-0.3, -0.25) is 14.7 Å². The lowest BCUT2D eigenvalue weighted by Crippen LogP contribution is -2.47.